The molecule has 1 aliphatic carbocycles. The zero-order valence-corrected chi connectivity index (χ0v) is 20.6. The molecule has 3 aromatic carbocycles. The third kappa shape index (κ3) is 3.70. The second kappa shape index (κ2) is 8.34. The van der Waals surface area contributed by atoms with E-state index >= 15 is 0 Å². The second-order valence-corrected chi connectivity index (χ2v) is 10.6. The van der Waals surface area contributed by atoms with Crippen molar-refractivity contribution >= 4 is 26.8 Å². The van der Waals surface area contributed by atoms with Crippen molar-refractivity contribution in [2.24, 2.45) is 5.92 Å². The number of piperidine rings is 1. The number of benzene rings is 3. The van der Waals surface area contributed by atoms with Crippen LogP contribution in [0.15, 0.2) is 77.3 Å². The molecule has 1 aliphatic heterocycles. The summed E-state index contributed by atoms with van der Waals surface area (Å²) in [5, 5.41) is 1.37. The molecule has 0 radical (unpaired) electrons. The maximum atomic E-state index is 5.63. The first kappa shape index (κ1) is 21.0. The number of methoxy groups -OCH3 is 1. The highest BCUT2D eigenvalue weighted by atomic mass is 79.9. The first-order valence-electron chi connectivity index (χ1n) is 11.8. The highest BCUT2D eigenvalue weighted by Gasteiger charge is 2.48. The van der Waals surface area contributed by atoms with Crippen LogP contribution in [0.4, 0.5) is 0 Å². The molecular formula is C29H29BrN2O. The van der Waals surface area contributed by atoms with Gasteiger partial charge in [0.15, 0.2) is 0 Å². The summed E-state index contributed by atoms with van der Waals surface area (Å²) in [6.45, 7) is 3.26. The Kier molecular flexibility index (Phi) is 5.31. The number of ether oxygens (including phenoxy) is 1. The van der Waals surface area contributed by atoms with E-state index in [9.17, 15) is 0 Å². The summed E-state index contributed by atoms with van der Waals surface area (Å²) in [5.41, 5.74) is 7.14. The Balaban J connectivity index is 1.41. The zero-order valence-electron chi connectivity index (χ0n) is 19.0. The van der Waals surface area contributed by atoms with Gasteiger partial charge in [-0.3, -0.25) is 4.90 Å². The molecule has 1 fully saturated rings. The number of aromatic amines is 1. The summed E-state index contributed by atoms with van der Waals surface area (Å²) in [5.74, 6) is 1.52. The van der Waals surface area contributed by atoms with Crippen LogP contribution < -0.4 is 4.74 Å². The van der Waals surface area contributed by atoms with Crippen LogP contribution in [0.5, 0.6) is 5.75 Å². The topological polar surface area (TPSA) is 28.3 Å². The average Bonchev–Trinajstić information content (AvgIpc) is 3.19. The number of hydrogen-bond acceptors (Lipinski definition) is 2. The lowest BCUT2D eigenvalue weighted by Gasteiger charge is -2.51. The van der Waals surface area contributed by atoms with Crippen LogP contribution in [-0.2, 0) is 24.8 Å². The Morgan fingerprint density at radius 3 is 2.79 bits per heavy atom. The van der Waals surface area contributed by atoms with E-state index in [1.165, 1.54) is 33.3 Å². The van der Waals surface area contributed by atoms with Crippen LogP contribution in [0.2, 0.25) is 0 Å². The molecule has 0 saturated carbocycles. The van der Waals surface area contributed by atoms with Crippen molar-refractivity contribution in [3.05, 3.63) is 99.7 Å². The number of H-pyrrole nitrogens is 1. The van der Waals surface area contributed by atoms with Gasteiger partial charge in [0.25, 0.3) is 0 Å². The van der Waals surface area contributed by atoms with Crippen LogP contribution in [0.1, 0.15) is 28.8 Å². The van der Waals surface area contributed by atoms with Gasteiger partial charge in [-0.05, 0) is 78.7 Å². The third-order valence-corrected chi connectivity index (χ3v) is 8.42. The number of nitrogens with one attached hydrogen (secondary N) is 1. The summed E-state index contributed by atoms with van der Waals surface area (Å²) < 4.78 is 6.78. The number of hydrogen-bond donors (Lipinski definition) is 1. The van der Waals surface area contributed by atoms with Gasteiger partial charge in [0.05, 0.1) is 7.11 Å². The van der Waals surface area contributed by atoms with E-state index in [1.807, 2.05) is 0 Å². The largest absolute Gasteiger partial charge is 0.497 e. The van der Waals surface area contributed by atoms with Crippen LogP contribution in [0.3, 0.4) is 0 Å². The van der Waals surface area contributed by atoms with E-state index in [2.05, 4.69) is 98.6 Å². The lowest BCUT2D eigenvalue weighted by Crippen LogP contribution is -2.53. The number of nitrogens with zero attached hydrogens (tertiary/aromatic N) is 1. The Morgan fingerprint density at radius 1 is 1.06 bits per heavy atom. The predicted octanol–water partition coefficient (Wildman–Crippen LogP) is 6.50. The van der Waals surface area contributed by atoms with E-state index in [4.69, 9.17) is 4.74 Å². The maximum Gasteiger partial charge on any atom is 0.119 e. The summed E-state index contributed by atoms with van der Waals surface area (Å²) >= 11 is 3.69. The molecule has 1 N–H and O–H groups in total. The zero-order chi connectivity index (χ0) is 22.4. The molecule has 33 heavy (non-hydrogen) atoms. The smallest absolute Gasteiger partial charge is 0.119 e. The monoisotopic (exact) mass is 500 g/mol. The maximum absolute atomic E-state index is 5.63. The van der Waals surface area contributed by atoms with Crippen molar-refractivity contribution in [2.45, 2.75) is 31.2 Å². The van der Waals surface area contributed by atoms with E-state index < -0.39 is 0 Å². The lowest BCUT2D eigenvalue weighted by atomic mass is 9.58. The molecule has 6 rings (SSSR count). The first-order chi connectivity index (χ1) is 16.1. The predicted molar refractivity (Wildman–Crippen MR) is 138 cm³/mol. The van der Waals surface area contributed by atoms with Crippen molar-refractivity contribution in [1.82, 2.24) is 9.88 Å². The molecule has 0 amide bonds. The van der Waals surface area contributed by atoms with E-state index in [-0.39, 0.29) is 5.41 Å². The normalized spacial score (nSPS) is 22.7. The van der Waals surface area contributed by atoms with Crippen molar-refractivity contribution in [2.75, 3.05) is 20.2 Å². The van der Waals surface area contributed by atoms with Crippen molar-refractivity contribution in [3.63, 3.8) is 0 Å². The molecule has 2 heterocycles. The standard InChI is InChI=1S/C29H29BrN2O/c1-33-24-9-5-8-21(14-24)29-12-13-32(18-20-6-3-2-4-7-20)19-22(29)15-25-26-16-23(30)10-11-27(26)31-28(25)17-29/h2-11,14,16,22,31H,12-13,15,17-19H2,1H3. The van der Waals surface area contributed by atoms with Crippen LogP contribution in [0.25, 0.3) is 10.9 Å². The molecule has 2 aliphatic rings. The molecule has 2 unspecified atom stereocenters. The van der Waals surface area contributed by atoms with Gasteiger partial charge in [0.2, 0.25) is 0 Å². The molecule has 2 atom stereocenters. The van der Waals surface area contributed by atoms with E-state index in [0.29, 0.717) is 5.92 Å². The molecule has 3 nitrogen and oxygen atoms in total. The van der Waals surface area contributed by atoms with Crippen LogP contribution in [0, 0.1) is 5.92 Å². The molecule has 168 valence electrons. The highest BCUT2D eigenvalue weighted by Crippen LogP contribution is 2.49. The summed E-state index contributed by atoms with van der Waals surface area (Å²) in [6.07, 6.45) is 3.33. The SMILES string of the molecule is COc1cccc(C23CCN(Cc4ccccc4)CC2Cc2c([nH]c4ccc(Br)cc24)C3)c1. The first-order valence-corrected chi connectivity index (χ1v) is 12.6. The second-order valence-electron chi connectivity index (χ2n) is 9.71. The van der Waals surface area contributed by atoms with Gasteiger partial charge in [-0.15, -0.1) is 0 Å². The van der Waals surface area contributed by atoms with Gasteiger partial charge in [0.1, 0.15) is 5.75 Å². The van der Waals surface area contributed by atoms with Crippen LogP contribution >= 0.6 is 15.9 Å². The fraction of sp³-hybridized carbons (Fsp3) is 0.310. The van der Waals surface area contributed by atoms with Crippen molar-refractivity contribution < 1.29 is 4.74 Å². The number of aromatic nitrogens is 1. The minimum Gasteiger partial charge on any atom is -0.497 e. The highest BCUT2D eigenvalue weighted by molar-refractivity contribution is 9.10. The fourth-order valence-electron chi connectivity index (χ4n) is 6.25. The molecule has 4 heteroatoms. The van der Waals surface area contributed by atoms with Gasteiger partial charge >= 0.3 is 0 Å². The van der Waals surface area contributed by atoms with E-state index in [0.717, 1.165) is 49.1 Å². The Morgan fingerprint density at radius 2 is 1.94 bits per heavy atom. The quantitative estimate of drug-likeness (QED) is 0.346. The summed E-state index contributed by atoms with van der Waals surface area (Å²) in [4.78, 5) is 6.45. The molecule has 0 bridgehead atoms. The van der Waals surface area contributed by atoms with Gasteiger partial charge in [-0.2, -0.15) is 0 Å². The number of fused-ring (bicyclic) bond motifs is 4. The fourth-order valence-corrected chi connectivity index (χ4v) is 6.61. The summed E-state index contributed by atoms with van der Waals surface area (Å²) in [6, 6.07) is 26.4. The minimum atomic E-state index is 0.132. The minimum absolute atomic E-state index is 0.132. The Bertz CT molecular complexity index is 1300. The van der Waals surface area contributed by atoms with Crippen molar-refractivity contribution in [3.8, 4) is 5.75 Å². The number of rotatable bonds is 4. The van der Waals surface area contributed by atoms with Gasteiger partial charge < -0.3 is 9.72 Å². The van der Waals surface area contributed by atoms with Gasteiger partial charge in [-0.1, -0.05) is 58.4 Å². The van der Waals surface area contributed by atoms with Gasteiger partial charge in [-0.25, -0.2) is 0 Å². The molecular weight excluding hydrogens is 472 g/mol. The lowest BCUT2D eigenvalue weighted by molar-refractivity contribution is 0.0765. The van der Waals surface area contributed by atoms with Crippen molar-refractivity contribution in [1.29, 1.82) is 0 Å². The Hall–Kier alpha value is -2.56. The number of likely N-dealkylation sites (tertiary alicyclic amines) is 1. The molecule has 4 aromatic rings. The van der Waals surface area contributed by atoms with Crippen LogP contribution in [-0.4, -0.2) is 30.1 Å². The average molecular weight is 501 g/mol. The Labute approximate surface area is 203 Å². The molecule has 0 spiro atoms. The number of halogens is 1. The van der Waals surface area contributed by atoms with Gasteiger partial charge in [0, 0.05) is 39.6 Å². The van der Waals surface area contributed by atoms with E-state index in [1.54, 1.807) is 7.11 Å². The molecule has 1 aromatic heterocycles. The third-order valence-electron chi connectivity index (χ3n) is 7.93. The molecule has 1 saturated heterocycles. The summed E-state index contributed by atoms with van der Waals surface area (Å²) in [7, 11) is 1.77.